The summed E-state index contributed by atoms with van der Waals surface area (Å²) < 4.78 is 0. The first-order valence-corrected chi connectivity index (χ1v) is 9.94. The van der Waals surface area contributed by atoms with Gasteiger partial charge in [0.1, 0.15) is 0 Å². The SMILES string of the molecule is NCc1ccc(-c2nc(N)nc3ccc(Cl)cc23)cc1NC(=O)c1ccc(C(=O)O)cc1. The zero-order valence-electron chi connectivity index (χ0n) is 16.7. The van der Waals surface area contributed by atoms with Crippen molar-refractivity contribution in [2.75, 3.05) is 11.1 Å². The molecule has 0 aliphatic carbocycles. The van der Waals surface area contributed by atoms with Gasteiger partial charge in [-0.1, -0.05) is 23.7 Å². The molecule has 3 aromatic carbocycles. The number of rotatable bonds is 5. The lowest BCUT2D eigenvalue weighted by Crippen LogP contribution is -2.15. The van der Waals surface area contributed by atoms with E-state index in [0.717, 1.165) is 0 Å². The summed E-state index contributed by atoms with van der Waals surface area (Å²) in [6.07, 6.45) is 0. The van der Waals surface area contributed by atoms with Crippen LogP contribution in [0.4, 0.5) is 11.6 Å². The Labute approximate surface area is 187 Å². The summed E-state index contributed by atoms with van der Waals surface area (Å²) in [6, 6.07) is 16.3. The van der Waals surface area contributed by atoms with Crippen molar-refractivity contribution in [3.63, 3.8) is 0 Å². The molecule has 0 radical (unpaired) electrons. The van der Waals surface area contributed by atoms with Crippen LogP contribution in [-0.2, 0) is 6.54 Å². The van der Waals surface area contributed by atoms with Crippen LogP contribution in [-0.4, -0.2) is 27.0 Å². The van der Waals surface area contributed by atoms with Crippen LogP contribution in [0.2, 0.25) is 5.02 Å². The number of nitrogen functional groups attached to an aromatic ring is 1. The molecule has 9 heteroatoms. The second-order valence-electron chi connectivity index (χ2n) is 7.00. The fraction of sp³-hybridized carbons (Fsp3) is 0.0435. The van der Waals surface area contributed by atoms with Crippen LogP contribution in [0.1, 0.15) is 26.3 Å². The highest BCUT2D eigenvalue weighted by Gasteiger charge is 2.14. The number of carbonyl (C=O) groups excluding carboxylic acids is 1. The predicted octanol–water partition coefficient (Wildman–Crippen LogP) is 3.94. The van der Waals surface area contributed by atoms with E-state index in [2.05, 4.69) is 15.3 Å². The topological polar surface area (TPSA) is 144 Å². The molecule has 6 N–H and O–H groups in total. The quantitative estimate of drug-likeness (QED) is 0.362. The molecule has 8 nitrogen and oxygen atoms in total. The minimum absolute atomic E-state index is 0.0954. The zero-order chi connectivity index (χ0) is 22.8. The molecule has 0 atom stereocenters. The molecule has 0 aliphatic rings. The van der Waals surface area contributed by atoms with Gasteiger partial charge in [0.2, 0.25) is 5.95 Å². The maximum atomic E-state index is 12.8. The molecule has 4 aromatic rings. The number of benzene rings is 3. The summed E-state index contributed by atoms with van der Waals surface area (Å²) >= 11 is 6.17. The number of carboxylic acid groups (broad SMARTS) is 1. The number of nitrogens with two attached hydrogens (primary N) is 2. The van der Waals surface area contributed by atoms with Crippen molar-refractivity contribution < 1.29 is 14.7 Å². The number of fused-ring (bicyclic) bond motifs is 1. The van der Waals surface area contributed by atoms with E-state index in [1.807, 2.05) is 6.07 Å². The lowest BCUT2D eigenvalue weighted by atomic mass is 10.0. The summed E-state index contributed by atoms with van der Waals surface area (Å²) in [5, 5.41) is 13.1. The largest absolute Gasteiger partial charge is 0.478 e. The zero-order valence-corrected chi connectivity index (χ0v) is 17.4. The average molecular weight is 448 g/mol. The van der Waals surface area contributed by atoms with Crippen LogP contribution < -0.4 is 16.8 Å². The Balaban J connectivity index is 1.74. The molecular formula is C23H18ClN5O3. The summed E-state index contributed by atoms with van der Waals surface area (Å²) in [7, 11) is 0. The van der Waals surface area contributed by atoms with Crippen LogP contribution in [0.25, 0.3) is 22.2 Å². The Morgan fingerprint density at radius 3 is 2.38 bits per heavy atom. The number of carbonyl (C=O) groups is 2. The lowest BCUT2D eigenvalue weighted by molar-refractivity contribution is 0.0696. The van der Waals surface area contributed by atoms with Crippen molar-refractivity contribution in [1.82, 2.24) is 9.97 Å². The number of anilines is 2. The van der Waals surface area contributed by atoms with Gasteiger partial charge in [-0.25, -0.2) is 14.8 Å². The first-order chi connectivity index (χ1) is 15.4. The van der Waals surface area contributed by atoms with Crippen molar-refractivity contribution in [3.05, 3.63) is 82.4 Å². The normalized spacial score (nSPS) is 10.8. The molecule has 0 spiro atoms. The van der Waals surface area contributed by atoms with Gasteiger partial charge in [0.05, 0.1) is 16.8 Å². The third kappa shape index (κ3) is 4.22. The Bertz CT molecular complexity index is 1360. The Hall–Kier alpha value is -4.01. The van der Waals surface area contributed by atoms with Crippen molar-refractivity contribution >= 4 is 46.0 Å². The number of aromatic carboxylic acids is 1. The number of hydrogen-bond donors (Lipinski definition) is 4. The minimum atomic E-state index is -1.06. The smallest absolute Gasteiger partial charge is 0.335 e. The van der Waals surface area contributed by atoms with Crippen molar-refractivity contribution in [1.29, 1.82) is 0 Å². The van der Waals surface area contributed by atoms with E-state index in [0.29, 0.717) is 44.0 Å². The van der Waals surface area contributed by atoms with Gasteiger partial charge in [0, 0.05) is 33.8 Å². The highest BCUT2D eigenvalue weighted by Crippen LogP contribution is 2.31. The van der Waals surface area contributed by atoms with Gasteiger partial charge in [-0.05, 0) is 54.1 Å². The van der Waals surface area contributed by atoms with Crippen LogP contribution in [0.3, 0.4) is 0 Å². The summed E-state index contributed by atoms with van der Waals surface area (Å²) in [6.45, 7) is 0.201. The fourth-order valence-electron chi connectivity index (χ4n) is 3.32. The van der Waals surface area contributed by atoms with Crippen molar-refractivity contribution in [2.45, 2.75) is 6.54 Å². The Kier molecular flexibility index (Phi) is 5.72. The highest BCUT2D eigenvalue weighted by molar-refractivity contribution is 6.31. The number of nitrogens with one attached hydrogen (secondary N) is 1. The van der Waals surface area contributed by atoms with Gasteiger partial charge in [0.15, 0.2) is 0 Å². The van der Waals surface area contributed by atoms with Gasteiger partial charge < -0.3 is 21.9 Å². The predicted molar refractivity (Wildman–Crippen MR) is 124 cm³/mol. The first kappa shape index (κ1) is 21.2. The van der Waals surface area contributed by atoms with Crippen molar-refractivity contribution in [2.24, 2.45) is 5.73 Å². The standard InChI is InChI=1S/C23H18ClN5O3/c24-16-7-8-18-17(10-16)20(29-23(26)28-18)14-5-6-15(11-25)19(9-14)27-21(30)12-1-3-13(4-2-12)22(31)32/h1-10H,11,25H2,(H,27,30)(H,31,32)(H2,26,28,29). The molecule has 0 bridgehead atoms. The highest BCUT2D eigenvalue weighted by atomic mass is 35.5. The maximum absolute atomic E-state index is 12.8. The summed E-state index contributed by atoms with van der Waals surface area (Å²) in [4.78, 5) is 32.4. The second-order valence-corrected chi connectivity index (χ2v) is 7.44. The first-order valence-electron chi connectivity index (χ1n) is 9.56. The van der Waals surface area contributed by atoms with Gasteiger partial charge in [-0.3, -0.25) is 4.79 Å². The fourth-order valence-corrected chi connectivity index (χ4v) is 3.49. The van der Waals surface area contributed by atoms with Crippen LogP contribution in [0.15, 0.2) is 60.7 Å². The molecule has 4 rings (SSSR count). The maximum Gasteiger partial charge on any atom is 0.335 e. The van der Waals surface area contributed by atoms with E-state index in [1.165, 1.54) is 24.3 Å². The molecule has 0 aliphatic heterocycles. The minimum Gasteiger partial charge on any atom is -0.478 e. The van der Waals surface area contributed by atoms with E-state index < -0.39 is 11.9 Å². The molecule has 1 amide bonds. The molecule has 0 saturated heterocycles. The molecule has 1 aromatic heterocycles. The van der Waals surface area contributed by atoms with Gasteiger partial charge in [0.25, 0.3) is 5.91 Å². The average Bonchev–Trinajstić information content (AvgIpc) is 2.78. The molecular weight excluding hydrogens is 430 g/mol. The molecule has 32 heavy (non-hydrogen) atoms. The van der Waals surface area contributed by atoms with E-state index in [-0.39, 0.29) is 18.1 Å². The second kappa shape index (κ2) is 8.62. The van der Waals surface area contributed by atoms with Crippen molar-refractivity contribution in [3.8, 4) is 11.3 Å². The van der Waals surface area contributed by atoms with Gasteiger partial charge in [-0.2, -0.15) is 0 Å². The molecule has 0 saturated carbocycles. The number of nitrogens with zero attached hydrogens (tertiary/aromatic N) is 2. The van der Waals surface area contributed by atoms with E-state index in [9.17, 15) is 9.59 Å². The third-order valence-electron chi connectivity index (χ3n) is 4.92. The summed E-state index contributed by atoms with van der Waals surface area (Å²) in [5.41, 5.74) is 15.3. The van der Waals surface area contributed by atoms with Crippen LogP contribution in [0.5, 0.6) is 0 Å². The number of halogens is 1. The molecule has 0 fully saturated rings. The number of carboxylic acids is 1. The third-order valence-corrected chi connectivity index (χ3v) is 5.16. The molecule has 1 heterocycles. The van der Waals surface area contributed by atoms with E-state index in [4.69, 9.17) is 28.2 Å². The van der Waals surface area contributed by atoms with E-state index >= 15 is 0 Å². The van der Waals surface area contributed by atoms with Gasteiger partial charge in [-0.15, -0.1) is 0 Å². The summed E-state index contributed by atoms with van der Waals surface area (Å²) in [5.74, 6) is -1.35. The Morgan fingerprint density at radius 1 is 0.969 bits per heavy atom. The van der Waals surface area contributed by atoms with Crippen LogP contribution >= 0.6 is 11.6 Å². The number of hydrogen-bond acceptors (Lipinski definition) is 6. The van der Waals surface area contributed by atoms with Gasteiger partial charge >= 0.3 is 5.97 Å². The lowest BCUT2D eigenvalue weighted by Gasteiger charge is -2.13. The van der Waals surface area contributed by atoms with E-state index in [1.54, 1.807) is 30.3 Å². The molecule has 160 valence electrons. The Morgan fingerprint density at radius 2 is 1.69 bits per heavy atom. The number of amides is 1. The monoisotopic (exact) mass is 447 g/mol. The molecule has 0 unspecified atom stereocenters. The number of aromatic nitrogens is 2. The van der Waals surface area contributed by atoms with Crippen LogP contribution in [0, 0.1) is 0 Å².